The molecule has 2 nitrogen and oxygen atoms in total. The third-order valence-corrected chi connectivity index (χ3v) is 2.56. The lowest BCUT2D eigenvalue weighted by Gasteiger charge is -1.89. The van der Waals surface area contributed by atoms with Gasteiger partial charge < -0.3 is 9.96 Å². The second-order valence-electron chi connectivity index (χ2n) is 2.91. The van der Waals surface area contributed by atoms with Gasteiger partial charge in [0.25, 0.3) is 0 Å². The maximum Gasteiger partial charge on any atom is 0.0749 e. The molecule has 0 radical (unpaired) electrons. The van der Waals surface area contributed by atoms with E-state index in [1.807, 2.05) is 0 Å². The Hall–Kier alpha value is 0.571. The van der Waals surface area contributed by atoms with Crippen molar-refractivity contribution in [3.05, 3.63) is 0 Å². The van der Waals surface area contributed by atoms with Gasteiger partial charge in [-0.05, 0) is 36.9 Å². The molecule has 0 saturated carbocycles. The fraction of sp³-hybridized carbons (Fsp3) is 1.00. The van der Waals surface area contributed by atoms with Gasteiger partial charge in [0.15, 0.2) is 0 Å². The molecule has 0 aliphatic carbocycles. The molecule has 0 unspecified atom stereocenters. The highest BCUT2D eigenvalue weighted by Gasteiger charge is 1.73. The van der Waals surface area contributed by atoms with Gasteiger partial charge in [-0.25, -0.2) is 0 Å². The number of hydrogen-bond acceptors (Lipinski definition) is 2. The fourth-order valence-corrected chi connectivity index (χ4v) is 1.41. The van der Waals surface area contributed by atoms with Crippen LogP contribution >= 0.6 is 0 Å². The Morgan fingerprint density at radius 3 is 1.23 bits per heavy atom. The maximum absolute atomic E-state index is 3.21. The van der Waals surface area contributed by atoms with Crippen LogP contribution in [0.2, 0.25) is 0 Å². The normalized spacial score (nSPS) is 8.77. The van der Waals surface area contributed by atoms with Gasteiger partial charge in [-0.1, -0.05) is 26.7 Å². The monoisotopic (exact) mass is 238 g/mol. The molecule has 0 bridgehead atoms. The Morgan fingerprint density at radius 1 is 0.846 bits per heavy atom. The highest BCUT2D eigenvalue weighted by Crippen LogP contribution is 1.79. The van der Waals surface area contributed by atoms with E-state index < -0.39 is 0 Å². The summed E-state index contributed by atoms with van der Waals surface area (Å²) in [7, 11) is 2.31. The van der Waals surface area contributed by atoms with Crippen molar-refractivity contribution in [2.75, 3.05) is 13.1 Å². The van der Waals surface area contributed by atoms with E-state index in [0.717, 1.165) is 20.8 Å². The van der Waals surface area contributed by atoms with Gasteiger partial charge in [-0.15, -0.1) is 0 Å². The number of rotatable bonds is 6. The van der Waals surface area contributed by atoms with E-state index in [-0.39, 0.29) is 11.0 Å². The van der Waals surface area contributed by atoms with E-state index in [0.29, 0.717) is 0 Å². The van der Waals surface area contributed by atoms with Crippen LogP contribution in [0.15, 0.2) is 0 Å². The van der Waals surface area contributed by atoms with Gasteiger partial charge in [-0.3, -0.25) is 0 Å². The minimum atomic E-state index is 0. The molecule has 2 N–H and O–H groups in total. The largest absolute Gasteiger partial charge is 0.345 e. The summed E-state index contributed by atoms with van der Waals surface area (Å²) in [6.07, 6.45) is 5.30. The van der Waals surface area contributed by atoms with Crippen LogP contribution in [0.25, 0.3) is 0 Å². The van der Waals surface area contributed by atoms with Crippen molar-refractivity contribution >= 4 is 31.8 Å². The predicted octanol–water partition coefficient (Wildman–Crippen LogP) is -2.14. The molecule has 0 aliphatic rings. The lowest BCUT2D eigenvalue weighted by Crippen LogP contribution is -2.08. The van der Waals surface area contributed by atoms with Gasteiger partial charge >= 0.3 is 0 Å². The third-order valence-electron chi connectivity index (χ3n) is 1.56. The van der Waals surface area contributed by atoms with E-state index in [4.69, 9.17) is 0 Å². The van der Waals surface area contributed by atoms with Crippen molar-refractivity contribution in [2.24, 2.45) is 0 Å². The molecule has 13 heavy (non-hydrogen) atoms. The summed E-state index contributed by atoms with van der Waals surface area (Å²) in [6, 6.07) is 0. The lowest BCUT2D eigenvalue weighted by molar-refractivity contribution is 0.771. The summed E-state index contributed by atoms with van der Waals surface area (Å²) in [5.41, 5.74) is 0. The average molecular weight is 239 g/mol. The summed E-state index contributed by atoms with van der Waals surface area (Å²) in [5.74, 6) is 0. The van der Waals surface area contributed by atoms with Crippen LogP contribution < -0.4 is 9.96 Å². The predicted molar refractivity (Wildman–Crippen MR) is 77.0 cm³/mol. The second-order valence-corrected chi connectivity index (χ2v) is 4.33. The first-order valence-corrected chi connectivity index (χ1v) is 7.12. The summed E-state index contributed by atoms with van der Waals surface area (Å²) >= 11 is 0. The summed E-state index contributed by atoms with van der Waals surface area (Å²) in [4.78, 5) is 6.42. The van der Waals surface area contributed by atoms with Crippen LogP contribution in [-0.4, -0.2) is 44.9 Å². The average Bonchev–Trinajstić information content (AvgIpc) is 2.12. The molecule has 0 fully saturated rings. The van der Waals surface area contributed by atoms with E-state index >= 15 is 0 Å². The van der Waals surface area contributed by atoms with Crippen molar-refractivity contribution in [3.8, 4) is 0 Å². The van der Waals surface area contributed by atoms with E-state index in [1.165, 1.54) is 38.8 Å². The van der Waals surface area contributed by atoms with Crippen molar-refractivity contribution in [1.82, 2.24) is 9.96 Å². The molecule has 0 atom stereocenters. The summed E-state index contributed by atoms with van der Waals surface area (Å²) in [5, 5.41) is 0. The quantitative estimate of drug-likeness (QED) is 0.408. The van der Waals surface area contributed by atoms with Crippen molar-refractivity contribution in [1.29, 1.82) is 0 Å². The Bertz CT molecular complexity index is 49.4. The molecule has 0 aromatic carbocycles. The highest BCUT2D eigenvalue weighted by atomic mass is 28.2. The smallest absolute Gasteiger partial charge is 0.0749 e. The topological polar surface area (TPSA) is 24.1 Å². The highest BCUT2D eigenvalue weighted by molar-refractivity contribution is 6.04. The van der Waals surface area contributed by atoms with Gasteiger partial charge in [-0.2, -0.15) is 0 Å². The third kappa shape index (κ3) is 32.5. The van der Waals surface area contributed by atoms with E-state index in [2.05, 4.69) is 23.8 Å². The van der Waals surface area contributed by atoms with Gasteiger partial charge in [0.2, 0.25) is 0 Å². The van der Waals surface area contributed by atoms with Crippen molar-refractivity contribution in [2.45, 2.75) is 39.5 Å². The molecule has 0 aromatic rings. The molecule has 0 saturated heterocycles. The SMILES string of the molecule is CCCCN[SiH3].CCCCN[SiH3].[SiH4]. The number of nitrogens with one attached hydrogen (secondary N) is 2. The first kappa shape index (κ1) is 19.2. The van der Waals surface area contributed by atoms with Crippen molar-refractivity contribution < 1.29 is 0 Å². The molecule has 0 amide bonds. The molecular formula is C8H30N2Si3. The zero-order valence-corrected chi connectivity index (χ0v) is 13.2. The van der Waals surface area contributed by atoms with E-state index in [9.17, 15) is 0 Å². The molecule has 0 rings (SSSR count). The molecule has 0 spiro atoms. The molecule has 84 valence electrons. The first-order valence-electron chi connectivity index (χ1n) is 5.12. The lowest BCUT2D eigenvalue weighted by atomic mass is 10.3. The van der Waals surface area contributed by atoms with Crippen LogP contribution in [0.3, 0.4) is 0 Å². The Labute approximate surface area is 94.7 Å². The Kier molecular flexibility index (Phi) is 33.8. The Balaban J connectivity index is -0.000000143. The first-order chi connectivity index (χ1) is 5.83. The molecule has 0 aliphatic heterocycles. The summed E-state index contributed by atoms with van der Waals surface area (Å²) in [6.45, 7) is 6.86. The van der Waals surface area contributed by atoms with Crippen LogP contribution in [0, 0.1) is 0 Å². The second kappa shape index (κ2) is 22.9. The molecule has 0 heterocycles. The van der Waals surface area contributed by atoms with Crippen LogP contribution in [-0.2, 0) is 0 Å². The zero-order chi connectivity index (χ0) is 9.66. The van der Waals surface area contributed by atoms with E-state index in [1.54, 1.807) is 0 Å². The van der Waals surface area contributed by atoms with Gasteiger partial charge in [0.05, 0.1) is 20.8 Å². The van der Waals surface area contributed by atoms with Crippen LogP contribution in [0.1, 0.15) is 39.5 Å². The van der Waals surface area contributed by atoms with Crippen molar-refractivity contribution in [3.63, 3.8) is 0 Å². The Morgan fingerprint density at radius 2 is 1.15 bits per heavy atom. The standard InChI is InChI=1S/2C4H13NSi.H4Si/c2*1-2-3-4-5-6;/h2*5H,2-4H2,1,6H3;1H4. The number of unbranched alkanes of at least 4 members (excludes halogenated alkanes) is 2. The minimum absolute atomic E-state index is 0. The molecular weight excluding hydrogens is 208 g/mol. The summed E-state index contributed by atoms with van der Waals surface area (Å²) < 4.78 is 0. The number of hydrogen-bond donors (Lipinski definition) is 2. The van der Waals surface area contributed by atoms with Crippen LogP contribution in [0.5, 0.6) is 0 Å². The maximum atomic E-state index is 3.21. The van der Waals surface area contributed by atoms with Crippen LogP contribution in [0.4, 0.5) is 0 Å². The fourth-order valence-electron chi connectivity index (χ4n) is 0.707. The van der Waals surface area contributed by atoms with Gasteiger partial charge in [0, 0.05) is 0 Å². The zero-order valence-electron chi connectivity index (χ0n) is 9.24. The molecule has 5 heteroatoms. The minimum Gasteiger partial charge on any atom is -0.345 e. The van der Waals surface area contributed by atoms with Gasteiger partial charge in [0.1, 0.15) is 0 Å². The molecule has 0 aromatic heterocycles.